The zero-order chi connectivity index (χ0) is 12.9. The molecule has 0 radical (unpaired) electrons. The minimum atomic E-state index is 0.0401. The Morgan fingerprint density at radius 1 is 1.00 bits per heavy atom. The summed E-state index contributed by atoms with van der Waals surface area (Å²) in [5, 5.41) is 0. The predicted molar refractivity (Wildman–Crippen MR) is 76.2 cm³/mol. The molecule has 1 fully saturated rings. The Balaban J connectivity index is 2.47. The summed E-state index contributed by atoms with van der Waals surface area (Å²) in [4.78, 5) is 2.59. The van der Waals surface area contributed by atoms with Crippen molar-refractivity contribution in [1.82, 2.24) is 4.90 Å². The fourth-order valence-electron chi connectivity index (χ4n) is 3.06. The Bertz CT molecular complexity index is 207. The third-order valence-electron chi connectivity index (χ3n) is 5.36. The molecule has 0 spiro atoms. The normalized spacial score (nSPS) is 21.7. The van der Waals surface area contributed by atoms with Gasteiger partial charge < -0.3 is 10.6 Å². The highest BCUT2D eigenvalue weighted by atomic mass is 15.2. The van der Waals surface area contributed by atoms with Crippen molar-refractivity contribution in [2.75, 3.05) is 19.6 Å². The summed E-state index contributed by atoms with van der Waals surface area (Å²) in [5.41, 5.74) is 7.09. The standard InChI is InChI=1S/C15H32N2/c1-5-14(6-2)9-11-17(12-10-14)13-15(16,7-3)8-4/h5-13,16H2,1-4H3. The van der Waals surface area contributed by atoms with E-state index in [9.17, 15) is 0 Å². The zero-order valence-electron chi connectivity index (χ0n) is 12.4. The van der Waals surface area contributed by atoms with Gasteiger partial charge in [-0.25, -0.2) is 0 Å². The fourth-order valence-corrected chi connectivity index (χ4v) is 3.06. The number of hydrogen-bond donors (Lipinski definition) is 1. The van der Waals surface area contributed by atoms with E-state index in [0.717, 1.165) is 19.4 Å². The second kappa shape index (κ2) is 6.19. The molecule has 0 aromatic heterocycles. The molecule has 0 unspecified atom stereocenters. The van der Waals surface area contributed by atoms with E-state index in [2.05, 4.69) is 32.6 Å². The number of rotatable bonds is 6. The van der Waals surface area contributed by atoms with Gasteiger partial charge in [0.25, 0.3) is 0 Å². The van der Waals surface area contributed by atoms with Crippen LogP contribution in [0.3, 0.4) is 0 Å². The van der Waals surface area contributed by atoms with E-state index >= 15 is 0 Å². The van der Waals surface area contributed by atoms with Crippen molar-refractivity contribution in [1.29, 1.82) is 0 Å². The van der Waals surface area contributed by atoms with Crippen LogP contribution in [0, 0.1) is 5.41 Å². The van der Waals surface area contributed by atoms with Crippen LogP contribution >= 0.6 is 0 Å². The molecule has 1 aliphatic rings. The number of nitrogens with two attached hydrogens (primary N) is 1. The molecule has 2 heteroatoms. The van der Waals surface area contributed by atoms with Crippen molar-refractivity contribution in [2.45, 2.75) is 71.8 Å². The first-order valence-electron chi connectivity index (χ1n) is 7.54. The van der Waals surface area contributed by atoms with E-state index in [1.54, 1.807) is 0 Å². The molecule has 102 valence electrons. The monoisotopic (exact) mass is 240 g/mol. The number of piperidine rings is 1. The first kappa shape index (κ1) is 15.0. The van der Waals surface area contributed by atoms with Gasteiger partial charge in [-0.1, -0.05) is 40.5 Å². The van der Waals surface area contributed by atoms with Crippen molar-refractivity contribution < 1.29 is 0 Å². The minimum Gasteiger partial charge on any atom is -0.324 e. The summed E-state index contributed by atoms with van der Waals surface area (Å²) in [6, 6.07) is 0. The molecule has 0 amide bonds. The molecule has 0 atom stereocenters. The Morgan fingerprint density at radius 2 is 1.47 bits per heavy atom. The Hall–Kier alpha value is -0.0800. The Morgan fingerprint density at radius 3 is 1.82 bits per heavy atom. The van der Waals surface area contributed by atoms with Gasteiger partial charge in [0.15, 0.2) is 0 Å². The number of nitrogens with zero attached hydrogens (tertiary/aromatic N) is 1. The van der Waals surface area contributed by atoms with Gasteiger partial charge in [0, 0.05) is 12.1 Å². The first-order valence-corrected chi connectivity index (χ1v) is 7.54. The second-order valence-corrected chi connectivity index (χ2v) is 6.05. The lowest BCUT2D eigenvalue weighted by Gasteiger charge is -2.43. The van der Waals surface area contributed by atoms with Crippen LogP contribution in [0.1, 0.15) is 66.2 Å². The van der Waals surface area contributed by atoms with E-state index in [4.69, 9.17) is 5.73 Å². The highest BCUT2D eigenvalue weighted by Crippen LogP contribution is 2.38. The maximum atomic E-state index is 6.42. The van der Waals surface area contributed by atoms with E-state index in [1.165, 1.54) is 38.8 Å². The average molecular weight is 240 g/mol. The predicted octanol–water partition coefficient (Wildman–Crippen LogP) is 3.41. The molecular weight excluding hydrogens is 208 g/mol. The molecule has 0 aromatic carbocycles. The minimum absolute atomic E-state index is 0.0401. The molecule has 0 saturated carbocycles. The zero-order valence-corrected chi connectivity index (χ0v) is 12.4. The molecule has 0 aliphatic carbocycles. The van der Waals surface area contributed by atoms with Crippen LogP contribution in [-0.4, -0.2) is 30.1 Å². The third kappa shape index (κ3) is 3.69. The summed E-state index contributed by atoms with van der Waals surface area (Å²) >= 11 is 0. The molecule has 1 saturated heterocycles. The second-order valence-electron chi connectivity index (χ2n) is 6.05. The molecule has 0 bridgehead atoms. The van der Waals surface area contributed by atoms with Crippen molar-refractivity contribution in [2.24, 2.45) is 11.1 Å². The number of likely N-dealkylation sites (tertiary alicyclic amines) is 1. The van der Waals surface area contributed by atoms with Crippen LogP contribution in [0.15, 0.2) is 0 Å². The summed E-state index contributed by atoms with van der Waals surface area (Å²) in [6.45, 7) is 12.7. The molecular formula is C15H32N2. The molecule has 17 heavy (non-hydrogen) atoms. The van der Waals surface area contributed by atoms with Gasteiger partial charge in [-0.15, -0.1) is 0 Å². The average Bonchev–Trinajstić information content (AvgIpc) is 2.40. The maximum absolute atomic E-state index is 6.42. The van der Waals surface area contributed by atoms with E-state index in [0.29, 0.717) is 5.41 Å². The highest BCUT2D eigenvalue weighted by Gasteiger charge is 2.33. The SMILES string of the molecule is CCC(N)(CC)CN1CCC(CC)(CC)CC1. The summed E-state index contributed by atoms with van der Waals surface area (Å²) in [5.74, 6) is 0. The van der Waals surface area contributed by atoms with E-state index in [1.807, 2.05) is 0 Å². The molecule has 2 N–H and O–H groups in total. The van der Waals surface area contributed by atoms with Gasteiger partial charge in [-0.3, -0.25) is 0 Å². The Kier molecular flexibility index (Phi) is 5.46. The third-order valence-corrected chi connectivity index (χ3v) is 5.36. The van der Waals surface area contributed by atoms with E-state index < -0.39 is 0 Å². The van der Waals surface area contributed by atoms with Gasteiger partial charge in [0.1, 0.15) is 0 Å². The lowest BCUT2D eigenvalue weighted by atomic mass is 9.74. The quantitative estimate of drug-likeness (QED) is 0.771. The van der Waals surface area contributed by atoms with Gasteiger partial charge in [-0.05, 0) is 44.2 Å². The summed E-state index contributed by atoms with van der Waals surface area (Å²) < 4.78 is 0. The maximum Gasteiger partial charge on any atom is 0.0278 e. The van der Waals surface area contributed by atoms with Gasteiger partial charge in [0.05, 0.1) is 0 Å². The Labute approximate surface area is 108 Å². The van der Waals surface area contributed by atoms with Crippen LogP contribution in [0.25, 0.3) is 0 Å². The topological polar surface area (TPSA) is 29.3 Å². The van der Waals surface area contributed by atoms with Crippen LogP contribution in [0.4, 0.5) is 0 Å². The highest BCUT2D eigenvalue weighted by molar-refractivity contribution is 4.89. The van der Waals surface area contributed by atoms with Gasteiger partial charge >= 0.3 is 0 Å². The number of hydrogen-bond acceptors (Lipinski definition) is 2. The van der Waals surface area contributed by atoms with Gasteiger partial charge in [-0.2, -0.15) is 0 Å². The first-order chi connectivity index (χ1) is 8.03. The lowest BCUT2D eigenvalue weighted by Crippen LogP contribution is -2.52. The van der Waals surface area contributed by atoms with Crippen molar-refractivity contribution in [3.05, 3.63) is 0 Å². The van der Waals surface area contributed by atoms with Crippen molar-refractivity contribution >= 4 is 0 Å². The van der Waals surface area contributed by atoms with Crippen molar-refractivity contribution in [3.63, 3.8) is 0 Å². The van der Waals surface area contributed by atoms with Crippen LogP contribution in [0.5, 0.6) is 0 Å². The molecule has 2 nitrogen and oxygen atoms in total. The largest absolute Gasteiger partial charge is 0.324 e. The molecule has 1 rings (SSSR count). The molecule has 1 heterocycles. The smallest absolute Gasteiger partial charge is 0.0278 e. The van der Waals surface area contributed by atoms with E-state index in [-0.39, 0.29) is 5.54 Å². The molecule has 0 aromatic rings. The van der Waals surface area contributed by atoms with Crippen LogP contribution in [0.2, 0.25) is 0 Å². The lowest BCUT2D eigenvalue weighted by molar-refractivity contribution is 0.0772. The fraction of sp³-hybridized carbons (Fsp3) is 1.00. The van der Waals surface area contributed by atoms with Crippen molar-refractivity contribution in [3.8, 4) is 0 Å². The summed E-state index contributed by atoms with van der Waals surface area (Å²) in [6.07, 6.45) is 7.59. The van der Waals surface area contributed by atoms with Crippen LogP contribution in [-0.2, 0) is 0 Å². The molecule has 1 aliphatic heterocycles. The summed E-state index contributed by atoms with van der Waals surface area (Å²) in [7, 11) is 0. The van der Waals surface area contributed by atoms with Gasteiger partial charge in [0.2, 0.25) is 0 Å². The van der Waals surface area contributed by atoms with Crippen LogP contribution < -0.4 is 5.73 Å².